The van der Waals surface area contributed by atoms with Gasteiger partial charge in [-0.15, -0.1) is 0 Å². The van der Waals surface area contributed by atoms with E-state index in [0.717, 1.165) is 0 Å². The lowest BCUT2D eigenvalue weighted by atomic mass is 10.2. The van der Waals surface area contributed by atoms with Gasteiger partial charge >= 0.3 is 17.8 Å². The summed E-state index contributed by atoms with van der Waals surface area (Å²) in [6.45, 7) is 0.274. The molecule has 1 aliphatic heterocycles. The Morgan fingerprint density at radius 1 is 1.29 bits per heavy atom. The van der Waals surface area contributed by atoms with Crippen molar-refractivity contribution in [3.8, 4) is 0 Å². The highest BCUT2D eigenvalue weighted by molar-refractivity contribution is 6.31. The minimum Gasteiger partial charge on any atom is -0.480 e. The first kappa shape index (κ1) is 10.5. The third-order valence-electron chi connectivity index (χ3n) is 1.96. The van der Waals surface area contributed by atoms with E-state index >= 15 is 0 Å². The van der Waals surface area contributed by atoms with Crippen LogP contribution in [0, 0.1) is 0 Å². The molecule has 1 fully saturated rings. The van der Waals surface area contributed by atoms with Gasteiger partial charge in [-0.25, -0.2) is 4.79 Å². The second kappa shape index (κ2) is 4.05. The smallest absolute Gasteiger partial charge is 0.394 e. The number of hydrogen-bond donors (Lipinski definition) is 4. The molecule has 0 spiro atoms. The van der Waals surface area contributed by atoms with Gasteiger partial charge in [-0.1, -0.05) is 0 Å². The van der Waals surface area contributed by atoms with E-state index in [2.05, 4.69) is 10.6 Å². The summed E-state index contributed by atoms with van der Waals surface area (Å²) in [7, 11) is 0. The number of nitrogens with one attached hydrogen (secondary N) is 2. The van der Waals surface area contributed by atoms with Crippen LogP contribution in [-0.4, -0.2) is 46.7 Å². The molecule has 0 aromatic carbocycles. The van der Waals surface area contributed by atoms with Crippen molar-refractivity contribution < 1.29 is 24.6 Å². The van der Waals surface area contributed by atoms with Crippen LogP contribution in [0.1, 0.15) is 6.42 Å². The van der Waals surface area contributed by atoms with Crippen LogP contribution in [0.25, 0.3) is 0 Å². The summed E-state index contributed by atoms with van der Waals surface area (Å²) in [5.41, 5.74) is 0. The van der Waals surface area contributed by atoms with Gasteiger partial charge in [0.2, 0.25) is 0 Å². The highest BCUT2D eigenvalue weighted by atomic mass is 16.4. The van der Waals surface area contributed by atoms with Crippen LogP contribution in [0.4, 0.5) is 0 Å². The van der Waals surface area contributed by atoms with Crippen LogP contribution in [-0.2, 0) is 14.4 Å². The van der Waals surface area contributed by atoms with Crippen LogP contribution in [0.3, 0.4) is 0 Å². The van der Waals surface area contributed by atoms with Gasteiger partial charge in [0.15, 0.2) is 0 Å². The van der Waals surface area contributed by atoms with Gasteiger partial charge < -0.3 is 20.8 Å². The molecule has 0 aromatic heterocycles. The van der Waals surface area contributed by atoms with Crippen LogP contribution >= 0.6 is 0 Å². The van der Waals surface area contributed by atoms with Gasteiger partial charge in [0.05, 0.1) is 0 Å². The van der Waals surface area contributed by atoms with E-state index < -0.39 is 29.9 Å². The summed E-state index contributed by atoms with van der Waals surface area (Å²) >= 11 is 0. The number of rotatable bonds is 2. The Labute approximate surface area is 79.1 Å². The Morgan fingerprint density at radius 2 is 1.93 bits per heavy atom. The maximum absolute atomic E-state index is 10.7. The van der Waals surface area contributed by atoms with E-state index in [-0.39, 0.29) is 13.0 Å². The van der Waals surface area contributed by atoms with E-state index in [1.165, 1.54) is 0 Å². The van der Waals surface area contributed by atoms with E-state index in [0.29, 0.717) is 0 Å². The predicted molar refractivity (Wildman–Crippen MR) is 43.6 cm³/mol. The molecule has 0 saturated carbocycles. The highest BCUT2D eigenvalue weighted by Gasteiger charge is 2.30. The Balaban J connectivity index is 2.40. The number of hydrogen-bond acceptors (Lipinski definition) is 4. The molecule has 0 aromatic rings. The standard InChI is InChI=1S/C7H10N2O5/c10-5(7(13)14)9-3-1-4(6(11)12)8-2-3/h3-4,8H,1-2H2,(H,9,10)(H,11,12)(H,13,14). The molecule has 14 heavy (non-hydrogen) atoms. The Hall–Kier alpha value is -1.63. The van der Waals surface area contributed by atoms with Crippen molar-refractivity contribution in [1.82, 2.24) is 10.6 Å². The molecular formula is C7H10N2O5. The molecule has 0 radical (unpaired) electrons. The van der Waals surface area contributed by atoms with Gasteiger partial charge in [-0.3, -0.25) is 9.59 Å². The van der Waals surface area contributed by atoms with Crippen LogP contribution < -0.4 is 10.6 Å². The van der Waals surface area contributed by atoms with Crippen LogP contribution in [0.2, 0.25) is 0 Å². The lowest BCUT2D eigenvalue weighted by Gasteiger charge is -2.08. The quantitative estimate of drug-likeness (QED) is 0.385. The molecule has 0 bridgehead atoms. The fraction of sp³-hybridized carbons (Fsp3) is 0.571. The number of aliphatic carboxylic acids is 2. The molecule has 7 heteroatoms. The number of carbonyl (C=O) groups is 3. The summed E-state index contributed by atoms with van der Waals surface area (Å²) < 4.78 is 0. The van der Waals surface area contributed by atoms with Gasteiger partial charge in [-0.2, -0.15) is 0 Å². The monoisotopic (exact) mass is 202 g/mol. The Kier molecular flexibility index (Phi) is 3.03. The fourth-order valence-electron chi connectivity index (χ4n) is 1.28. The van der Waals surface area contributed by atoms with Crippen molar-refractivity contribution >= 4 is 17.8 Å². The van der Waals surface area contributed by atoms with Crippen molar-refractivity contribution in [2.75, 3.05) is 6.54 Å². The SMILES string of the molecule is O=C(O)C(=O)NC1CNC(C(=O)O)C1. The summed E-state index contributed by atoms with van der Waals surface area (Å²) in [4.78, 5) is 31.3. The van der Waals surface area contributed by atoms with Crippen molar-refractivity contribution in [3.05, 3.63) is 0 Å². The zero-order valence-corrected chi connectivity index (χ0v) is 7.19. The molecule has 1 heterocycles. The summed E-state index contributed by atoms with van der Waals surface area (Å²) in [5.74, 6) is -3.68. The third-order valence-corrected chi connectivity index (χ3v) is 1.96. The first-order valence-electron chi connectivity index (χ1n) is 4.00. The van der Waals surface area contributed by atoms with Gasteiger partial charge in [-0.05, 0) is 6.42 Å². The first-order chi connectivity index (χ1) is 6.50. The average Bonchev–Trinajstić information content (AvgIpc) is 2.52. The molecule has 7 nitrogen and oxygen atoms in total. The topological polar surface area (TPSA) is 116 Å². The summed E-state index contributed by atoms with van der Waals surface area (Å²) in [6, 6.07) is -1.14. The summed E-state index contributed by atoms with van der Waals surface area (Å²) in [5, 5.41) is 21.7. The zero-order valence-electron chi connectivity index (χ0n) is 7.19. The van der Waals surface area contributed by atoms with E-state index in [4.69, 9.17) is 10.2 Å². The second-order valence-electron chi connectivity index (χ2n) is 3.01. The second-order valence-corrected chi connectivity index (χ2v) is 3.01. The molecule has 1 rings (SSSR count). The van der Waals surface area contributed by atoms with Gasteiger partial charge in [0.25, 0.3) is 0 Å². The van der Waals surface area contributed by atoms with Crippen molar-refractivity contribution in [3.63, 3.8) is 0 Å². The Bertz CT molecular complexity index is 277. The van der Waals surface area contributed by atoms with Crippen molar-refractivity contribution in [2.45, 2.75) is 18.5 Å². The minimum atomic E-state index is -1.57. The number of amides is 1. The lowest BCUT2D eigenvalue weighted by molar-refractivity contribution is -0.150. The molecule has 2 unspecified atom stereocenters. The number of carboxylic acids is 2. The molecule has 78 valence electrons. The largest absolute Gasteiger partial charge is 0.480 e. The highest BCUT2D eigenvalue weighted by Crippen LogP contribution is 2.06. The van der Waals surface area contributed by atoms with E-state index in [1.54, 1.807) is 0 Å². The maximum atomic E-state index is 10.7. The summed E-state index contributed by atoms with van der Waals surface area (Å²) in [6.07, 6.45) is 0.203. The first-order valence-corrected chi connectivity index (χ1v) is 4.00. The van der Waals surface area contributed by atoms with Gasteiger partial charge in [0.1, 0.15) is 6.04 Å². The molecule has 1 amide bonds. The molecule has 4 N–H and O–H groups in total. The molecular weight excluding hydrogens is 192 g/mol. The molecule has 1 saturated heterocycles. The van der Waals surface area contributed by atoms with E-state index in [1.807, 2.05) is 0 Å². The number of carboxylic acid groups (broad SMARTS) is 2. The van der Waals surface area contributed by atoms with Crippen LogP contribution in [0.15, 0.2) is 0 Å². The molecule has 1 aliphatic rings. The lowest BCUT2D eigenvalue weighted by Crippen LogP contribution is -2.40. The predicted octanol–water partition coefficient (Wildman–Crippen LogP) is -2.00. The average molecular weight is 202 g/mol. The van der Waals surface area contributed by atoms with Gasteiger partial charge in [0, 0.05) is 12.6 Å². The third kappa shape index (κ3) is 2.43. The Morgan fingerprint density at radius 3 is 2.36 bits per heavy atom. The molecule has 0 aliphatic carbocycles. The number of carbonyl (C=O) groups excluding carboxylic acids is 1. The zero-order chi connectivity index (χ0) is 10.7. The van der Waals surface area contributed by atoms with Crippen molar-refractivity contribution in [1.29, 1.82) is 0 Å². The van der Waals surface area contributed by atoms with Crippen LogP contribution in [0.5, 0.6) is 0 Å². The maximum Gasteiger partial charge on any atom is 0.394 e. The molecule has 2 atom stereocenters. The minimum absolute atomic E-state index is 0.203. The van der Waals surface area contributed by atoms with E-state index in [9.17, 15) is 14.4 Å². The fourth-order valence-corrected chi connectivity index (χ4v) is 1.28. The normalized spacial score (nSPS) is 25.7. The van der Waals surface area contributed by atoms with Crippen molar-refractivity contribution in [2.24, 2.45) is 0 Å².